The van der Waals surface area contributed by atoms with Crippen LogP contribution in [0.2, 0.25) is 0 Å². The van der Waals surface area contributed by atoms with Crippen molar-refractivity contribution in [3.63, 3.8) is 0 Å². The Hall–Kier alpha value is -3.18. The number of alkyl carbamates (subject to hydrolysis) is 1. The number of esters is 1. The highest BCUT2D eigenvalue weighted by Gasteiger charge is 2.40. The summed E-state index contributed by atoms with van der Waals surface area (Å²) in [5.74, 6) is -1.39. The maximum atomic E-state index is 13.0. The van der Waals surface area contributed by atoms with Crippen LogP contribution in [0.4, 0.5) is 4.79 Å². The van der Waals surface area contributed by atoms with E-state index in [4.69, 9.17) is 14.2 Å². The van der Waals surface area contributed by atoms with E-state index in [0.29, 0.717) is 19.4 Å². The van der Waals surface area contributed by atoms with Crippen LogP contribution in [-0.2, 0) is 35.2 Å². The van der Waals surface area contributed by atoms with Gasteiger partial charge in [-0.25, -0.2) is 4.79 Å². The molecule has 3 atom stereocenters. The van der Waals surface area contributed by atoms with Crippen molar-refractivity contribution in [3.8, 4) is 0 Å². The first-order valence-electron chi connectivity index (χ1n) is 11.3. The van der Waals surface area contributed by atoms with E-state index in [1.165, 1.54) is 9.91 Å². The van der Waals surface area contributed by atoms with Gasteiger partial charge < -0.3 is 24.4 Å². The summed E-state index contributed by atoms with van der Waals surface area (Å²) in [4.78, 5) is 51.2. The van der Waals surface area contributed by atoms with E-state index >= 15 is 0 Å². The number of carbonyl (C=O) groups is 4. The first kappa shape index (κ1) is 25.4. The van der Waals surface area contributed by atoms with Crippen LogP contribution in [0, 0.1) is 0 Å². The molecular formula is C23H32N4O7. The van der Waals surface area contributed by atoms with Crippen LogP contribution < -0.4 is 10.7 Å². The number of likely N-dealkylation sites (tertiary alicyclic amines) is 1. The normalized spacial score (nSPS) is 21.6. The molecular weight excluding hydrogens is 444 g/mol. The zero-order chi connectivity index (χ0) is 24.9. The Morgan fingerprint density at radius 1 is 1.21 bits per heavy atom. The first-order valence-corrected chi connectivity index (χ1v) is 11.3. The second-order valence-corrected chi connectivity index (χ2v) is 9.26. The van der Waals surface area contributed by atoms with Gasteiger partial charge in [-0.1, -0.05) is 30.3 Å². The van der Waals surface area contributed by atoms with Crippen molar-refractivity contribution in [2.45, 2.75) is 71.2 Å². The minimum absolute atomic E-state index is 0.178. The van der Waals surface area contributed by atoms with E-state index in [1.807, 2.05) is 30.3 Å². The number of rotatable bonds is 7. The molecule has 1 aromatic carbocycles. The number of nitrogens with zero attached hydrogens (tertiary/aromatic N) is 2. The van der Waals surface area contributed by atoms with Crippen LogP contribution >= 0.6 is 0 Å². The third-order valence-corrected chi connectivity index (χ3v) is 5.22. The summed E-state index contributed by atoms with van der Waals surface area (Å²) in [6.07, 6.45) is -0.698. The quantitative estimate of drug-likeness (QED) is 0.564. The monoisotopic (exact) mass is 476 g/mol. The van der Waals surface area contributed by atoms with E-state index in [9.17, 15) is 19.2 Å². The molecule has 0 aliphatic carbocycles. The van der Waals surface area contributed by atoms with Crippen LogP contribution in [-0.4, -0.2) is 71.0 Å². The SMILES string of the molecule is C[C@H](NC(=O)OC(C)(C)C)C(=O)N1CCCC1C(=O)NN1CC(=O)OC1OCc1ccccc1. The van der Waals surface area contributed by atoms with Crippen molar-refractivity contribution >= 4 is 23.9 Å². The number of hydrogen-bond donors (Lipinski definition) is 2. The number of nitrogens with one attached hydrogen (secondary N) is 2. The molecule has 2 aliphatic heterocycles. The molecule has 0 saturated carbocycles. The summed E-state index contributed by atoms with van der Waals surface area (Å²) in [6.45, 7) is 7.10. The Morgan fingerprint density at radius 3 is 2.59 bits per heavy atom. The lowest BCUT2D eigenvalue weighted by Gasteiger charge is -2.29. The minimum Gasteiger partial charge on any atom is -0.444 e. The average Bonchev–Trinajstić information content (AvgIpc) is 3.37. The summed E-state index contributed by atoms with van der Waals surface area (Å²) >= 11 is 0. The lowest BCUT2D eigenvalue weighted by atomic mass is 10.2. The fourth-order valence-electron chi connectivity index (χ4n) is 3.70. The van der Waals surface area contributed by atoms with E-state index in [0.717, 1.165) is 5.56 Å². The van der Waals surface area contributed by atoms with Gasteiger partial charge in [0.2, 0.25) is 5.91 Å². The van der Waals surface area contributed by atoms with Gasteiger partial charge in [0, 0.05) is 6.54 Å². The fraction of sp³-hybridized carbons (Fsp3) is 0.565. The van der Waals surface area contributed by atoms with Gasteiger partial charge in [-0.05, 0) is 46.1 Å². The molecule has 3 amide bonds. The molecule has 0 spiro atoms. The van der Waals surface area contributed by atoms with Crippen LogP contribution in [0.15, 0.2) is 30.3 Å². The van der Waals surface area contributed by atoms with Crippen molar-refractivity contribution in [1.29, 1.82) is 0 Å². The van der Waals surface area contributed by atoms with Crippen molar-refractivity contribution < 1.29 is 33.4 Å². The number of hydrogen-bond acceptors (Lipinski definition) is 8. The van der Waals surface area contributed by atoms with Gasteiger partial charge in [0.05, 0.1) is 6.61 Å². The molecule has 2 heterocycles. The van der Waals surface area contributed by atoms with Gasteiger partial charge in [-0.15, -0.1) is 5.01 Å². The Balaban J connectivity index is 1.56. The van der Waals surface area contributed by atoms with Crippen molar-refractivity contribution in [2.24, 2.45) is 0 Å². The molecule has 2 saturated heterocycles. The number of benzene rings is 1. The van der Waals surface area contributed by atoms with Gasteiger partial charge in [0.25, 0.3) is 12.3 Å². The standard InChI is InChI=1S/C23H32N4O7/c1-15(24-21(31)34-23(2,3)4)20(30)26-12-8-11-17(26)19(29)25-27-13-18(28)33-22(27)32-14-16-9-6-5-7-10-16/h5-7,9-10,15,17,22H,8,11-14H2,1-4H3,(H,24,31)(H,25,29)/t15-,17?,22?/m0/s1. The third kappa shape index (κ3) is 6.91. The number of hydrazine groups is 1. The van der Waals surface area contributed by atoms with Gasteiger partial charge in [-0.3, -0.25) is 19.8 Å². The summed E-state index contributed by atoms with van der Waals surface area (Å²) in [5.41, 5.74) is 2.84. The molecule has 11 heteroatoms. The van der Waals surface area contributed by atoms with Crippen LogP contribution in [0.1, 0.15) is 46.1 Å². The molecule has 1 aromatic rings. The van der Waals surface area contributed by atoms with Crippen molar-refractivity contribution in [2.75, 3.05) is 13.1 Å². The van der Waals surface area contributed by atoms with E-state index < -0.39 is 48.0 Å². The lowest BCUT2D eigenvalue weighted by Crippen LogP contribution is -2.56. The van der Waals surface area contributed by atoms with Crippen LogP contribution in [0.3, 0.4) is 0 Å². The number of amides is 3. The molecule has 34 heavy (non-hydrogen) atoms. The molecule has 2 fully saturated rings. The number of cyclic esters (lactones) is 1. The fourth-order valence-corrected chi connectivity index (χ4v) is 3.70. The molecule has 2 unspecified atom stereocenters. The van der Waals surface area contributed by atoms with Gasteiger partial charge >= 0.3 is 12.1 Å². The molecule has 0 radical (unpaired) electrons. The second kappa shape index (κ2) is 10.8. The molecule has 2 N–H and O–H groups in total. The van der Waals surface area contributed by atoms with Gasteiger partial charge in [-0.2, -0.15) is 0 Å². The smallest absolute Gasteiger partial charge is 0.408 e. The van der Waals surface area contributed by atoms with E-state index in [1.54, 1.807) is 27.7 Å². The highest BCUT2D eigenvalue weighted by Crippen LogP contribution is 2.20. The summed E-state index contributed by atoms with van der Waals surface area (Å²) in [7, 11) is 0. The highest BCUT2D eigenvalue weighted by atomic mass is 16.7. The minimum atomic E-state index is -1.07. The van der Waals surface area contributed by atoms with Crippen LogP contribution in [0.5, 0.6) is 0 Å². The van der Waals surface area contributed by atoms with Crippen molar-refractivity contribution in [3.05, 3.63) is 35.9 Å². The Kier molecular flexibility index (Phi) is 8.11. The summed E-state index contributed by atoms with van der Waals surface area (Å²) in [6, 6.07) is 7.72. The molecule has 2 aliphatic rings. The highest BCUT2D eigenvalue weighted by molar-refractivity contribution is 5.91. The summed E-state index contributed by atoms with van der Waals surface area (Å²) < 4.78 is 16.0. The zero-order valence-corrected chi connectivity index (χ0v) is 19.9. The number of ether oxygens (including phenoxy) is 3. The molecule has 0 bridgehead atoms. The maximum absolute atomic E-state index is 13.0. The first-order chi connectivity index (χ1) is 16.0. The van der Waals surface area contributed by atoms with Crippen molar-refractivity contribution in [1.82, 2.24) is 20.7 Å². The third-order valence-electron chi connectivity index (χ3n) is 5.22. The zero-order valence-electron chi connectivity index (χ0n) is 19.9. The van der Waals surface area contributed by atoms with Crippen LogP contribution in [0.25, 0.3) is 0 Å². The average molecular weight is 477 g/mol. The summed E-state index contributed by atoms with van der Waals surface area (Å²) in [5, 5.41) is 3.79. The predicted octanol–water partition coefficient (Wildman–Crippen LogP) is 1.28. The predicted molar refractivity (Wildman–Crippen MR) is 120 cm³/mol. The topological polar surface area (TPSA) is 127 Å². The molecule has 11 nitrogen and oxygen atoms in total. The largest absolute Gasteiger partial charge is 0.444 e. The lowest BCUT2D eigenvalue weighted by molar-refractivity contribution is -0.201. The van der Waals surface area contributed by atoms with E-state index in [2.05, 4.69) is 10.7 Å². The number of carbonyl (C=O) groups excluding carboxylic acids is 4. The molecule has 186 valence electrons. The Bertz CT molecular complexity index is 902. The Labute approximate surface area is 198 Å². The van der Waals surface area contributed by atoms with Gasteiger partial charge in [0.15, 0.2) is 0 Å². The van der Waals surface area contributed by atoms with Gasteiger partial charge in [0.1, 0.15) is 24.2 Å². The molecule has 3 rings (SSSR count). The molecule has 0 aromatic heterocycles. The van der Waals surface area contributed by atoms with E-state index in [-0.39, 0.29) is 13.2 Å². The Morgan fingerprint density at radius 2 is 1.91 bits per heavy atom. The maximum Gasteiger partial charge on any atom is 0.408 e. The second-order valence-electron chi connectivity index (χ2n) is 9.26.